The highest BCUT2D eigenvalue weighted by Gasteiger charge is 2.20. The minimum atomic E-state index is -3.64. The Morgan fingerprint density at radius 3 is 2.55 bits per heavy atom. The van der Waals surface area contributed by atoms with Gasteiger partial charge in [-0.05, 0) is 36.8 Å². The van der Waals surface area contributed by atoms with E-state index in [1.807, 2.05) is 43.3 Å². The highest BCUT2D eigenvalue weighted by molar-refractivity contribution is 7.92. The van der Waals surface area contributed by atoms with Crippen LogP contribution >= 0.6 is 0 Å². The summed E-state index contributed by atoms with van der Waals surface area (Å²) in [5.74, 6) is 0. The van der Waals surface area contributed by atoms with E-state index >= 15 is 0 Å². The summed E-state index contributed by atoms with van der Waals surface area (Å²) in [6, 6.07) is 13.3. The van der Waals surface area contributed by atoms with Crippen molar-refractivity contribution in [1.29, 1.82) is 0 Å². The maximum Gasteiger partial charge on any atom is 0.265 e. The SMILES string of the molecule is CCn1ncc(S(=O)(=O)Nc2ccc3ccccc3c2)c1C. The van der Waals surface area contributed by atoms with Gasteiger partial charge in [0, 0.05) is 12.2 Å². The fourth-order valence-electron chi connectivity index (χ4n) is 2.47. The Balaban J connectivity index is 1.97. The predicted octanol–water partition coefficient (Wildman–Crippen LogP) is 3.17. The summed E-state index contributed by atoms with van der Waals surface area (Å²) in [4.78, 5) is 0.211. The molecule has 3 rings (SSSR count). The Morgan fingerprint density at radius 1 is 1.14 bits per heavy atom. The summed E-state index contributed by atoms with van der Waals surface area (Å²) in [5.41, 5.74) is 1.18. The Morgan fingerprint density at radius 2 is 1.86 bits per heavy atom. The molecule has 1 heterocycles. The molecule has 0 radical (unpaired) electrons. The number of hydrogen-bond donors (Lipinski definition) is 1. The molecule has 0 unspecified atom stereocenters. The zero-order chi connectivity index (χ0) is 15.7. The first kappa shape index (κ1) is 14.6. The molecule has 1 N–H and O–H groups in total. The van der Waals surface area contributed by atoms with Crippen molar-refractivity contribution >= 4 is 26.5 Å². The van der Waals surface area contributed by atoms with Gasteiger partial charge in [-0.15, -0.1) is 0 Å². The lowest BCUT2D eigenvalue weighted by Crippen LogP contribution is -2.14. The summed E-state index contributed by atoms with van der Waals surface area (Å²) in [5, 5.41) is 6.15. The Bertz CT molecular complexity index is 929. The smallest absolute Gasteiger partial charge is 0.265 e. The van der Waals surface area contributed by atoms with Gasteiger partial charge in [0.2, 0.25) is 0 Å². The molecular weight excluding hydrogens is 298 g/mol. The second-order valence-electron chi connectivity index (χ2n) is 5.08. The van der Waals surface area contributed by atoms with Crippen LogP contribution in [-0.2, 0) is 16.6 Å². The summed E-state index contributed by atoms with van der Waals surface area (Å²) >= 11 is 0. The number of hydrogen-bond acceptors (Lipinski definition) is 3. The highest BCUT2D eigenvalue weighted by atomic mass is 32.2. The molecular formula is C16H17N3O2S. The number of sulfonamides is 1. The lowest BCUT2D eigenvalue weighted by molar-refractivity contribution is 0.598. The number of nitrogens with one attached hydrogen (secondary N) is 1. The van der Waals surface area contributed by atoms with Crippen LogP contribution in [0.25, 0.3) is 10.8 Å². The number of benzene rings is 2. The normalized spacial score (nSPS) is 11.7. The van der Waals surface area contributed by atoms with Crippen LogP contribution in [0.4, 0.5) is 5.69 Å². The monoisotopic (exact) mass is 315 g/mol. The second-order valence-corrected chi connectivity index (χ2v) is 6.73. The molecule has 0 aliphatic heterocycles. The highest BCUT2D eigenvalue weighted by Crippen LogP contribution is 2.23. The summed E-state index contributed by atoms with van der Waals surface area (Å²) in [6.45, 7) is 4.32. The predicted molar refractivity (Wildman–Crippen MR) is 87.4 cm³/mol. The van der Waals surface area contributed by atoms with Crippen LogP contribution in [0.2, 0.25) is 0 Å². The van der Waals surface area contributed by atoms with Crippen LogP contribution in [0.3, 0.4) is 0 Å². The van der Waals surface area contributed by atoms with E-state index in [0.29, 0.717) is 17.9 Å². The van der Waals surface area contributed by atoms with E-state index in [2.05, 4.69) is 9.82 Å². The second kappa shape index (κ2) is 5.46. The molecule has 5 nitrogen and oxygen atoms in total. The van der Waals surface area contributed by atoms with Crippen LogP contribution in [-0.4, -0.2) is 18.2 Å². The average Bonchev–Trinajstić information content (AvgIpc) is 2.88. The molecule has 0 spiro atoms. The minimum absolute atomic E-state index is 0.211. The third kappa shape index (κ3) is 2.57. The van der Waals surface area contributed by atoms with Crippen LogP contribution in [0.15, 0.2) is 53.6 Å². The van der Waals surface area contributed by atoms with Crippen molar-refractivity contribution in [3.05, 3.63) is 54.4 Å². The van der Waals surface area contributed by atoms with Crippen LogP contribution in [0.1, 0.15) is 12.6 Å². The zero-order valence-corrected chi connectivity index (χ0v) is 13.3. The van der Waals surface area contributed by atoms with Gasteiger partial charge in [-0.2, -0.15) is 5.10 Å². The summed E-state index contributed by atoms with van der Waals surface area (Å²) < 4.78 is 29.3. The largest absolute Gasteiger partial charge is 0.280 e. The number of aryl methyl sites for hydroxylation is 1. The fraction of sp³-hybridized carbons (Fsp3) is 0.188. The maximum atomic E-state index is 12.5. The van der Waals surface area contributed by atoms with E-state index < -0.39 is 10.0 Å². The molecule has 0 saturated carbocycles. The summed E-state index contributed by atoms with van der Waals surface area (Å²) in [6.07, 6.45) is 1.39. The first-order valence-corrected chi connectivity index (χ1v) is 8.53. The van der Waals surface area contributed by atoms with E-state index in [9.17, 15) is 8.42 Å². The molecule has 3 aromatic rings. The Labute approximate surface area is 129 Å². The van der Waals surface area contributed by atoms with Gasteiger partial charge in [0.1, 0.15) is 4.90 Å². The topological polar surface area (TPSA) is 64.0 Å². The summed E-state index contributed by atoms with van der Waals surface area (Å²) in [7, 11) is -3.64. The molecule has 22 heavy (non-hydrogen) atoms. The molecule has 2 aromatic carbocycles. The molecule has 0 bridgehead atoms. The van der Waals surface area contributed by atoms with Crippen molar-refractivity contribution < 1.29 is 8.42 Å². The molecule has 0 fully saturated rings. The molecule has 0 amide bonds. The molecule has 0 aliphatic carbocycles. The molecule has 0 aliphatic rings. The van der Waals surface area contributed by atoms with E-state index in [1.165, 1.54) is 6.20 Å². The lowest BCUT2D eigenvalue weighted by atomic mass is 10.1. The molecule has 114 valence electrons. The first-order chi connectivity index (χ1) is 10.5. The van der Waals surface area contributed by atoms with Crippen molar-refractivity contribution in [2.45, 2.75) is 25.3 Å². The third-order valence-electron chi connectivity index (χ3n) is 3.65. The number of nitrogens with zero attached hydrogens (tertiary/aromatic N) is 2. The molecule has 0 atom stereocenters. The molecule has 6 heteroatoms. The standard InChI is InChI=1S/C16H17N3O2S/c1-3-19-12(2)16(11-17-19)22(20,21)18-15-9-8-13-6-4-5-7-14(13)10-15/h4-11,18H,3H2,1-2H3. The number of rotatable bonds is 4. The van der Waals surface area contributed by atoms with Gasteiger partial charge in [0.15, 0.2) is 0 Å². The minimum Gasteiger partial charge on any atom is -0.280 e. The van der Waals surface area contributed by atoms with Crippen LogP contribution in [0.5, 0.6) is 0 Å². The maximum absolute atomic E-state index is 12.5. The van der Waals surface area contributed by atoms with Crippen molar-refractivity contribution in [2.24, 2.45) is 0 Å². The Hall–Kier alpha value is -2.34. The van der Waals surface area contributed by atoms with E-state index in [0.717, 1.165) is 10.8 Å². The van der Waals surface area contributed by atoms with Gasteiger partial charge in [0.05, 0.1) is 11.9 Å². The van der Waals surface area contributed by atoms with Gasteiger partial charge in [-0.1, -0.05) is 30.3 Å². The Kier molecular flexibility index (Phi) is 3.62. The third-order valence-corrected chi connectivity index (χ3v) is 5.13. The van der Waals surface area contributed by atoms with Gasteiger partial charge >= 0.3 is 0 Å². The van der Waals surface area contributed by atoms with Crippen molar-refractivity contribution in [2.75, 3.05) is 4.72 Å². The molecule has 0 saturated heterocycles. The molecule has 1 aromatic heterocycles. The quantitative estimate of drug-likeness (QED) is 0.804. The fourth-order valence-corrected chi connectivity index (χ4v) is 3.70. The van der Waals surface area contributed by atoms with E-state index in [1.54, 1.807) is 17.7 Å². The van der Waals surface area contributed by atoms with Crippen molar-refractivity contribution in [1.82, 2.24) is 9.78 Å². The zero-order valence-electron chi connectivity index (χ0n) is 12.4. The van der Waals surface area contributed by atoms with E-state index in [-0.39, 0.29) is 4.90 Å². The van der Waals surface area contributed by atoms with Crippen molar-refractivity contribution in [3.8, 4) is 0 Å². The van der Waals surface area contributed by atoms with Crippen LogP contribution in [0, 0.1) is 6.92 Å². The van der Waals surface area contributed by atoms with Crippen LogP contribution < -0.4 is 4.72 Å². The number of fused-ring (bicyclic) bond motifs is 1. The number of aromatic nitrogens is 2. The van der Waals surface area contributed by atoms with Gasteiger partial charge in [0.25, 0.3) is 10.0 Å². The van der Waals surface area contributed by atoms with Gasteiger partial charge in [-0.3, -0.25) is 9.40 Å². The van der Waals surface area contributed by atoms with Gasteiger partial charge in [-0.25, -0.2) is 8.42 Å². The van der Waals surface area contributed by atoms with E-state index in [4.69, 9.17) is 0 Å². The van der Waals surface area contributed by atoms with Gasteiger partial charge < -0.3 is 0 Å². The average molecular weight is 315 g/mol. The van der Waals surface area contributed by atoms with Crippen molar-refractivity contribution in [3.63, 3.8) is 0 Å². The lowest BCUT2D eigenvalue weighted by Gasteiger charge is -2.09. The number of anilines is 1. The first-order valence-electron chi connectivity index (χ1n) is 7.05.